The first-order valence-corrected chi connectivity index (χ1v) is 7.51. The zero-order chi connectivity index (χ0) is 14.7. The number of aromatic nitrogens is 3. The summed E-state index contributed by atoms with van der Waals surface area (Å²) in [5.41, 5.74) is 1.29. The van der Waals surface area contributed by atoms with Crippen LogP contribution in [-0.2, 0) is 0 Å². The van der Waals surface area contributed by atoms with E-state index in [0.717, 1.165) is 31.6 Å². The highest BCUT2D eigenvalue weighted by Crippen LogP contribution is 2.17. The second-order valence-electron chi connectivity index (χ2n) is 5.68. The van der Waals surface area contributed by atoms with E-state index >= 15 is 0 Å². The first-order chi connectivity index (χ1) is 10.2. The minimum atomic E-state index is -0.00807. The van der Waals surface area contributed by atoms with Gasteiger partial charge in [-0.15, -0.1) is 5.10 Å². The average molecular weight is 284 g/mol. The van der Waals surface area contributed by atoms with Crippen LogP contribution in [0.4, 0.5) is 0 Å². The van der Waals surface area contributed by atoms with Crippen LogP contribution in [0.2, 0.25) is 0 Å². The average Bonchev–Trinajstić information content (AvgIpc) is 2.91. The Morgan fingerprint density at radius 3 is 2.81 bits per heavy atom. The van der Waals surface area contributed by atoms with Gasteiger partial charge in [0.25, 0.3) is 5.91 Å². The monoisotopic (exact) mass is 284 g/mol. The van der Waals surface area contributed by atoms with Gasteiger partial charge in [-0.2, -0.15) is 9.90 Å². The van der Waals surface area contributed by atoms with Gasteiger partial charge >= 0.3 is 0 Å². The van der Waals surface area contributed by atoms with Gasteiger partial charge in [-0.1, -0.05) is 25.1 Å². The van der Waals surface area contributed by atoms with Gasteiger partial charge in [-0.3, -0.25) is 4.79 Å². The van der Waals surface area contributed by atoms with Crippen molar-refractivity contribution in [1.29, 1.82) is 0 Å². The van der Waals surface area contributed by atoms with Crippen LogP contribution >= 0.6 is 0 Å². The molecule has 5 heteroatoms. The minimum absolute atomic E-state index is 0.00807. The molecule has 0 bridgehead atoms. The van der Waals surface area contributed by atoms with Crippen LogP contribution in [0.1, 0.15) is 36.7 Å². The van der Waals surface area contributed by atoms with Crippen molar-refractivity contribution in [2.75, 3.05) is 13.1 Å². The number of amides is 1. The zero-order valence-electron chi connectivity index (χ0n) is 12.3. The molecule has 1 amide bonds. The molecule has 1 unspecified atom stereocenters. The van der Waals surface area contributed by atoms with Gasteiger partial charge in [0.2, 0.25) is 0 Å². The SMILES string of the molecule is CC1CCCN(C(=O)c2cnn(-c3ccccc3)n2)CC1. The highest BCUT2D eigenvalue weighted by Gasteiger charge is 2.22. The molecular weight excluding hydrogens is 264 g/mol. The molecule has 110 valence electrons. The molecule has 1 aliphatic rings. The molecule has 1 fully saturated rings. The van der Waals surface area contributed by atoms with Crippen LogP contribution in [0.25, 0.3) is 5.69 Å². The predicted octanol–water partition coefficient (Wildman–Crippen LogP) is 2.53. The van der Waals surface area contributed by atoms with Gasteiger partial charge in [0, 0.05) is 13.1 Å². The molecule has 2 aromatic rings. The second-order valence-corrected chi connectivity index (χ2v) is 5.68. The molecule has 1 aromatic heterocycles. The topological polar surface area (TPSA) is 51.0 Å². The van der Waals surface area contributed by atoms with Gasteiger partial charge in [-0.25, -0.2) is 0 Å². The van der Waals surface area contributed by atoms with Gasteiger partial charge in [-0.05, 0) is 37.3 Å². The number of carbonyl (C=O) groups excluding carboxylic acids is 1. The van der Waals surface area contributed by atoms with E-state index in [-0.39, 0.29) is 5.91 Å². The van der Waals surface area contributed by atoms with Gasteiger partial charge in [0.15, 0.2) is 5.69 Å². The Hall–Kier alpha value is -2.17. The number of nitrogens with zero attached hydrogens (tertiary/aromatic N) is 4. The summed E-state index contributed by atoms with van der Waals surface area (Å²) < 4.78 is 0. The van der Waals surface area contributed by atoms with Gasteiger partial charge < -0.3 is 4.90 Å². The van der Waals surface area contributed by atoms with Crippen molar-refractivity contribution in [2.45, 2.75) is 26.2 Å². The van der Waals surface area contributed by atoms with Gasteiger partial charge in [0.05, 0.1) is 11.9 Å². The van der Waals surface area contributed by atoms with Crippen molar-refractivity contribution in [3.63, 3.8) is 0 Å². The lowest BCUT2D eigenvalue weighted by Gasteiger charge is -2.18. The molecule has 21 heavy (non-hydrogen) atoms. The molecule has 0 radical (unpaired) electrons. The lowest BCUT2D eigenvalue weighted by Crippen LogP contribution is -2.32. The van der Waals surface area contributed by atoms with Crippen molar-refractivity contribution < 1.29 is 4.79 Å². The fourth-order valence-corrected chi connectivity index (χ4v) is 2.67. The van der Waals surface area contributed by atoms with Crippen molar-refractivity contribution in [3.8, 4) is 5.69 Å². The number of carbonyl (C=O) groups is 1. The van der Waals surface area contributed by atoms with E-state index in [1.165, 1.54) is 11.2 Å². The van der Waals surface area contributed by atoms with Crippen LogP contribution in [0.3, 0.4) is 0 Å². The van der Waals surface area contributed by atoms with Crippen molar-refractivity contribution >= 4 is 5.91 Å². The lowest BCUT2D eigenvalue weighted by atomic mass is 10.0. The normalized spacial score (nSPS) is 19.3. The van der Waals surface area contributed by atoms with E-state index in [1.54, 1.807) is 6.20 Å². The summed E-state index contributed by atoms with van der Waals surface area (Å²) in [6.07, 6.45) is 4.89. The third-order valence-corrected chi connectivity index (χ3v) is 4.00. The van der Waals surface area contributed by atoms with Crippen molar-refractivity contribution in [2.24, 2.45) is 5.92 Å². The summed E-state index contributed by atoms with van der Waals surface area (Å²) in [5.74, 6) is 0.689. The number of rotatable bonds is 2. The van der Waals surface area contributed by atoms with Crippen molar-refractivity contribution in [1.82, 2.24) is 19.9 Å². The Bertz CT molecular complexity index is 608. The molecule has 3 rings (SSSR count). The maximum Gasteiger partial charge on any atom is 0.276 e. The fraction of sp³-hybridized carbons (Fsp3) is 0.438. The summed E-state index contributed by atoms with van der Waals surface area (Å²) in [7, 11) is 0. The van der Waals surface area contributed by atoms with E-state index in [2.05, 4.69) is 17.1 Å². The Morgan fingerprint density at radius 2 is 2.00 bits per heavy atom. The summed E-state index contributed by atoms with van der Waals surface area (Å²) in [5, 5.41) is 8.52. The highest BCUT2D eigenvalue weighted by molar-refractivity contribution is 5.91. The van der Waals surface area contributed by atoms with Crippen LogP contribution < -0.4 is 0 Å². The van der Waals surface area contributed by atoms with Crippen LogP contribution in [0.15, 0.2) is 36.5 Å². The number of hydrogen-bond acceptors (Lipinski definition) is 3. The molecule has 2 heterocycles. The molecule has 1 atom stereocenters. The second kappa shape index (κ2) is 6.08. The Balaban J connectivity index is 1.75. The molecule has 0 saturated carbocycles. The minimum Gasteiger partial charge on any atom is -0.337 e. The van der Waals surface area contributed by atoms with E-state index in [9.17, 15) is 4.79 Å². The standard InChI is InChI=1S/C16H20N4O/c1-13-6-5-10-19(11-9-13)16(21)15-12-17-20(18-15)14-7-3-2-4-8-14/h2-4,7-8,12-13H,5-6,9-11H2,1H3. The number of hydrogen-bond donors (Lipinski definition) is 0. The molecule has 5 nitrogen and oxygen atoms in total. The maximum atomic E-state index is 12.5. The van der Waals surface area contributed by atoms with E-state index in [4.69, 9.17) is 0 Å². The quantitative estimate of drug-likeness (QED) is 0.851. The Labute approximate surface area is 124 Å². The molecule has 0 N–H and O–H groups in total. The summed E-state index contributed by atoms with van der Waals surface area (Å²) in [6.45, 7) is 3.89. The number of para-hydroxylation sites is 1. The first-order valence-electron chi connectivity index (χ1n) is 7.51. The lowest BCUT2D eigenvalue weighted by molar-refractivity contribution is 0.0754. The molecule has 0 aliphatic carbocycles. The first kappa shape index (κ1) is 13.8. The highest BCUT2D eigenvalue weighted by atomic mass is 16.2. The Morgan fingerprint density at radius 1 is 1.19 bits per heavy atom. The summed E-state index contributed by atoms with van der Waals surface area (Å²) >= 11 is 0. The van der Waals surface area contributed by atoms with E-state index in [0.29, 0.717) is 11.6 Å². The summed E-state index contributed by atoms with van der Waals surface area (Å²) in [6, 6.07) is 9.63. The van der Waals surface area contributed by atoms with E-state index < -0.39 is 0 Å². The van der Waals surface area contributed by atoms with E-state index in [1.807, 2.05) is 35.2 Å². The number of benzene rings is 1. The molecular formula is C16H20N4O. The largest absolute Gasteiger partial charge is 0.337 e. The van der Waals surface area contributed by atoms with Gasteiger partial charge in [0.1, 0.15) is 0 Å². The molecule has 1 aromatic carbocycles. The number of likely N-dealkylation sites (tertiary alicyclic amines) is 1. The fourth-order valence-electron chi connectivity index (χ4n) is 2.67. The maximum absolute atomic E-state index is 12.5. The van der Waals surface area contributed by atoms with Crippen LogP contribution in [0, 0.1) is 5.92 Å². The zero-order valence-corrected chi connectivity index (χ0v) is 12.3. The smallest absolute Gasteiger partial charge is 0.276 e. The third kappa shape index (κ3) is 3.12. The molecule has 1 saturated heterocycles. The molecule has 1 aliphatic heterocycles. The predicted molar refractivity (Wildman–Crippen MR) is 80.3 cm³/mol. The summed E-state index contributed by atoms with van der Waals surface area (Å²) in [4.78, 5) is 15.9. The van der Waals surface area contributed by atoms with Crippen molar-refractivity contribution in [3.05, 3.63) is 42.2 Å². The third-order valence-electron chi connectivity index (χ3n) is 4.00. The van der Waals surface area contributed by atoms with Crippen LogP contribution in [-0.4, -0.2) is 38.9 Å². The Kier molecular flexibility index (Phi) is 3.99. The molecule has 0 spiro atoms. The van der Waals surface area contributed by atoms with Crippen LogP contribution in [0.5, 0.6) is 0 Å².